The minimum absolute atomic E-state index is 0.00857. The maximum atomic E-state index is 13.1. The lowest BCUT2D eigenvalue weighted by atomic mass is 10.0. The van der Waals surface area contributed by atoms with Gasteiger partial charge >= 0.3 is 5.97 Å². The number of carboxylic acids is 1. The summed E-state index contributed by atoms with van der Waals surface area (Å²) >= 11 is 4.18. The van der Waals surface area contributed by atoms with Crippen LogP contribution in [0.2, 0.25) is 0 Å². The van der Waals surface area contributed by atoms with Crippen molar-refractivity contribution in [2.45, 2.75) is 43.4 Å². The molecule has 0 spiro atoms. The number of hydrogen-bond acceptors (Lipinski definition) is 7. The van der Waals surface area contributed by atoms with Gasteiger partial charge in [0, 0.05) is 29.3 Å². The number of benzene rings is 2. The van der Waals surface area contributed by atoms with Crippen molar-refractivity contribution in [3.8, 4) is 0 Å². The van der Waals surface area contributed by atoms with E-state index in [9.17, 15) is 29.1 Å². The molecule has 212 valence electrons. The molecular formula is C27H32N6O6S. The molecule has 2 aromatic carbocycles. The first-order chi connectivity index (χ1) is 19.1. The van der Waals surface area contributed by atoms with Crippen LogP contribution < -0.4 is 27.4 Å². The van der Waals surface area contributed by atoms with Gasteiger partial charge in [-0.3, -0.25) is 19.2 Å². The van der Waals surface area contributed by atoms with Gasteiger partial charge in [0.2, 0.25) is 23.6 Å². The number of fused-ring (bicyclic) bond motifs is 1. The van der Waals surface area contributed by atoms with Crippen molar-refractivity contribution in [2.24, 2.45) is 11.5 Å². The predicted molar refractivity (Wildman–Crippen MR) is 151 cm³/mol. The third-order valence-electron chi connectivity index (χ3n) is 6.20. The highest BCUT2D eigenvalue weighted by atomic mass is 32.1. The molecule has 4 unspecified atom stereocenters. The van der Waals surface area contributed by atoms with E-state index in [-0.39, 0.29) is 18.6 Å². The van der Waals surface area contributed by atoms with Crippen molar-refractivity contribution in [3.63, 3.8) is 0 Å². The van der Waals surface area contributed by atoms with Crippen LogP contribution in [0, 0.1) is 0 Å². The summed E-state index contributed by atoms with van der Waals surface area (Å²) in [7, 11) is 0. The summed E-state index contributed by atoms with van der Waals surface area (Å²) in [5, 5.41) is 17.7. The molecule has 0 radical (unpaired) electrons. The standard InChI is InChI=1S/C27H32N6O6S/c28-18(11-16-13-30-19-9-5-4-8-17(16)19)24(35)33-22(14-40)26(37)31-20(10-15-6-2-1-3-7-15)25(36)32-21(27(38)39)12-23(29)34/h1-9,13,18,20-22,30,40H,10-12,14,28H2,(H2,29,34)(H,31,37)(H,32,36)(H,33,35)(H,38,39). The van der Waals surface area contributed by atoms with Crippen molar-refractivity contribution in [3.05, 3.63) is 71.9 Å². The molecule has 3 aromatic rings. The van der Waals surface area contributed by atoms with Gasteiger partial charge in [0.25, 0.3) is 0 Å². The molecule has 40 heavy (non-hydrogen) atoms. The molecule has 3 rings (SSSR count). The van der Waals surface area contributed by atoms with Crippen molar-refractivity contribution < 1.29 is 29.1 Å². The number of aromatic amines is 1. The van der Waals surface area contributed by atoms with Crippen molar-refractivity contribution in [1.29, 1.82) is 0 Å². The number of aliphatic carboxylic acids is 1. The zero-order valence-corrected chi connectivity index (χ0v) is 22.4. The molecule has 0 saturated carbocycles. The van der Waals surface area contributed by atoms with E-state index in [0.717, 1.165) is 16.5 Å². The number of hydrogen-bond donors (Lipinski definition) is 8. The maximum Gasteiger partial charge on any atom is 0.326 e. The number of primary amides is 1. The summed E-state index contributed by atoms with van der Waals surface area (Å²) in [6, 6.07) is 11.4. The molecular weight excluding hydrogens is 536 g/mol. The fourth-order valence-electron chi connectivity index (χ4n) is 4.11. The SMILES string of the molecule is NC(=O)CC(NC(=O)C(Cc1ccccc1)NC(=O)C(CS)NC(=O)C(N)Cc1c[nH]c2ccccc12)C(=O)O. The summed E-state index contributed by atoms with van der Waals surface area (Å²) < 4.78 is 0. The van der Waals surface area contributed by atoms with Gasteiger partial charge in [-0.1, -0.05) is 48.5 Å². The number of thiol groups is 1. The number of carboxylic acid groups (broad SMARTS) is 1. The number of nitrogens with one attached hydrogen (secondary N) is 4. The van der Waals surface area contributed by atoms with Crippen LogP contribution in [-0.2, 0) is 36.8 Å². The van der Waals surface area contributed by atoms with Crippen LogP contribution in [0.25, 0.3) is 10.9 Å². The molecule has 1 heterocycles. The van der Waals surface area contributed by atoms with Crippen LogP contribution in [0.15, 0.2) is 60.8 Å². The third kappa shape index (κ3) is 8.32. The predicted octanol–water partition coefficient (Wildman–Crippen LogP) is -0.375. The Labute approximate surface area is 235 Å². The molecule has 0 saturated heterocycles. The van der Waals surface area contributed by atoms with Gasteiger partial charge in [-0.25, -0.2) is 4.79 Å². The van der Waals surface area contributed by atoms with Crippen LogP contribution in [0.3, 0.4) is 0 Å². The molecule has 12 nitrogen and oxygen atoms in total. The van der Waals surface area contributed by atoms with E-state index in [4.69, 9.17) is 11.5 Å². The fraction of sp³-hybridized carbons (Fsp3) is 0.296. The Kier molecular flexibility index (Phi) is 10.7. The molecule has 4 atom stereocenters. The van der Waals surface area contributed by atoms with Crippen LogP contribution in [0.4, 0.5) is 0 Å². The van der Waals surface area contributed by atoms with E-state index >= 15 is 0 Å². The van der Waals surface area contributed by atoms with Gasteiger partial charge in [0.1, 0.15) is 18.1 Å². The smallest absolute Gasteiger partial charge is 0.326 e. The molecule has 4 amide bonds. The number of H-pyrrole nitrogens is 1. The molecule has 9 N–H and O–H groups in total. The van der Waals surface area contributed by atoms with Crippen molar-refractivity contribution in [2.75, 3.05) is 5.75 Å². The van der Waals surface area contributed by atoms with Gasteiger partial charge in [-0.05, 0) is 23.6 Å². The summed E-state index contributed by atoms with van der Waals surface area (Å²) in [5.74, 6) is -4.63. The zero-order chi connectivity index (χ0) is 29.2. The van der Waals surface area contributed by atoms with Gasteiger partial charge in [0.15, 0.2) is 0 Å². The largest absolute Gasteiger partial charge is 0.480 e. The molecule has 0 aliphatic rings. The zero-order valence-electron chi connectivity index (χ0n) is 21.5. The highest BCUT2D eigenvalue weighted by Gasteiger charge is 2.30. The first kappa shape index (κ1) is 30.2. The van der Waals surface area contributed by atoms with Crippen LogP contribution in [0.5, 0.6) is 0 Å². The number of para-hydroxylation sites is 1. The Morgan fingerprint density at radius 2 is 1.43 bits per heavy atom. The number of rotatable bonds is 14. The molecule has 0 aliphatic heterocycles. The average Bonchev–Trinajstić information content (AvgIpc) is 3.33. The molecule has 0 fully saturated rings. The Bertz CT molecular complexity index is 1360. The monoisotopic (exact) mass is 568 g/mol. The molecule has 1 aromatic heterocycles. The summed E-state index contributed by atoms with van der Waals surface area (Å²) in [5.41, 5.74) is 13.7. The number of aromatic nitrogens is 1. The van der Waals surface area contributed by atoms with Crippen molar-refractivity contribution >= 4 is 53.1 Å². The van der Waals surface area contributed by atoms with E-state index < -0.39 is 60.2 Å². The second-order valence-corrected chi connectivity index (χ2v) is 9.60. The van der Waals surface area contributed by atoms with E-state index in [1.54, 1.807) is 36.5 Å². The fourth-order valence-corrected chi connectivity index (χ4v) is 4.37. The van der Waals surface area contributed by atoms with Crippen LogP contribution >= 0.6 is 12.6 Å². The lowest BCUT2D eigenvalue weighted by Gasteiger charge is -2.24. The highest BCUT2D eigenvalue weighted by Crippen LogP contribution is 2.18. The minimum Gasteiger partial charge on any atom is -0.480 e. The quantitative estimate of drug-likeness (QED) is 0.121. The first-order valence-corrected chi connectivity index (χ1v) is 13.1. The maximum absolute atomic E-state index is 13.1. The van der Waals surface area contributed by atoms with Crippen molar-refractivity contribution in [1.82, 2.24) is 20.9 Å². The number of carbonyl (C=O) groups is 5. The third-order valence-corrected chi connectivity index (χ3v) is 6.57. The van der Waals surface area contributed by atoms with E-state index in [1.165, 1.54) is 0 Å². The average molecular weight is 569 g/mol. The number of amides is 4. The second-order valence-electron chi connectivity index (χ2n) is 9.23. The molecule has 0 bridgehead atoms. The van der Waals surface area contributed by atoms with Gasteiger partial charge in [-0.2, -0.15) is 12.6 Å². The summed E-state index contributed by atoms with van der Waals surface area (Å²) in [6.45, 7) is 0. The van der Waals surface area contributed by atoms with E-state index in [0.29, 0.717) is 5.56 Å². The Morgan fingerprint density at radius 3 is 2.08 bits per heavy atom. The number of carbonyl (C=O) groups excluding carboxylic acids is 4. The lowest BCUT2D eigenvalue weighted by molar-refractivity contribution is -0.143. The summed E-state index contributed by atoms with van der Waals surface area (Å²) in [6.07, 6.45) is 1.37. The molecule has 13 heteroatoms. The van der Waals surface area contributed by atoms with Crippen LogP contribution in [0.1, 0.15) is 17.5 Å². The van der Waals surface area contributed by atoms with E-state index in [2.05, 4.69) is 33.6 Å². The Morgan fingerprint density at radius 1 is 0.825 bits per heavy atom. The second kappa shape index (κ2) is 14.1. The van der Waals surface area contributed by atoms with Gasteiger partial charge in [0.05, 0.1) is 12.5 Å². The Hall–Kier alpha value is -4.36. The first-order valence-electron chi connectivity index (χ1n) is 12.5. The number of nitrogens with two attached hydrogens (primary N) is 2. The van der Waals surface area contributed by atoms with Crippen LogP contribution in [-0.4, -0.2) is 69.6 Å². The van der Waals surface area contributed by atoms with E-state index in [1.807, 2.05) is 24.3 Å². The normalized spacial score (nSPS) is 13.9. The Balaban J connectivity index is 1.69. The summed E-state index contributed by atoms with van der Waals surface area (Å²) in [4.78, 5) is 64.9. The lowest BCUT2D eigenvalue weighted by Crippen LogP contribution is -2.58. The topological polar surface area (TPSA) is 209 Å². The van der Waals surface area contributed by atoms with Gasteiger partial charge < -0.3 is 37.5 Å². The molecule has 0 aliphatic carbocycles. The minimum atomic E-state index is -1.58. The highest BCUT2D eigenvalue weighted by molar-refractivity contribution is 7.80. The van der Waals surface area contributed by atoms with Gasteiger partial charge in [-0.15, -0.1) is 0 Å².